The van der Waals surface area contributed by atoms with Gasteiger partial charge in [0, 0.05) is 36.7 Å². The first-order valence-electron chi connectivity index (χ1n) is 20.2. The Morgan fingerprint density at radius 3 is 2.00 bits per heavy atom. The molecular formula is C45H48N10O4. The van der Waals surface area contributed by atoms with Gasteiger partial charge in [0.05, 0.1) is 47.1 Å². The number of aromatic amines is 2. The lowest BCUT2D eigenvalue weighted by Crippen LogP contribution is -2.48. The number of pyridine rings is 1. The van der Waals surface area contributed by atoms with Crippen LogP contribution in [0, 0.1) is 5.92 Å². The Labute approximate surface area is 342 Å². The van der Waals surface area contributed by atoms with E-state index in [2.05, 4.69) is 43.0 Å². The SMILES string of the molecule is CNC(=O)N[C@@H](C(=O)N1CCC[C@H]1c1ncc(-c2ccc(-c3ccc4cc(-c5cnc([C@@H]6CCCN6C(=O)[C@@H](NC=O)C(C)C)[nH]5)ccc4n3)cc2)[nH]1)c1ccccc1. The van der Waals surface area contributed by atoms with Gasteiger partial charge in [-0.1, -0.05) is 80.6 Å². The Bertz CT molecular complexity index is 2460. The van der Waals surface area contributed by atoms with E-state index in [0.717, 1.165) is 81.7 Å². The number of imidazole rings is 2. The molecule has 2 saturated heterocycles. The number of rotatable bonds is 12. The van der Waals surface area contributed by atoms with Crippen molar-refractivity contribution in [1.29, 1.82) is 0 Å². The second kappa shape index (κ2) is 16.9. The number of nitrogens with zero attached hydrogens (tertiary/aromatic N) is 5. The Kier molecular flexibility index (Phi) is 11.2. The molecule has 302 valence electrons. The number of nitrogens with one attached hydrogen (secondary N) is 5. The van der Waals surface area contributed by atoms with Gasteiger partial charge in [-0.05, 0) is 60.9 Å². The van der Waals surface area contributed by atoms with Crippen LogP contribution >= 0.6 is 0 Å². The van der Waals surface area contributed by atoms with Gasteiger partial charge in [0.15, 0.2) is 0 Å². The quantitative estimate of drug-likeness (QED) is 0.0884. The number of hydrogen-bond donors (Lipinski definition) is 5. The average Bonchev–Trinajstić information content (AvgIpc) is 4.11. The summed E-state index contributed by atoms with van der Waals surface area (Å²) in [6, 6.07) is 25.4. The lowest BCUT2D eigenvalue weighted by Gasteiger charge is -2.29. The van der Waals surface area contributed by atoms with Gasteiger partial charge in [0.2, 0.25) is 18.2 Å². The highest BCUT2D eigenvalue weighted by Gasteiger charge is 2.38. The zero-order valence-electron chi connectivity index (χ0n) is 33.3. The Morgan fingerprint density at radius 2 is 1.37 bits per heavy atom. The molecule has 6 aromatic rings. The van der Waals surface area contributed by atoms with Gasteiger partial charge in [0.25, 0.3) is 0 Å². The minimum absolute atomic E-state index is 0.0283. The van der Waals surface area contributed by atoms with Crippen molar-refractivity contribution in [1.82, 2.24) is 50.7 Å². The summed E-state index contributed by atoms with van der Waals surface area (Å²) in [4.78, 5) is 75.8. The predicted molar refractivity (Wildman–Crippen MR) is 224 cm³/mol. The first-order chi connectivity index (χ1) is 28.7. The number of aromatic nitrogens is 5. The molecule has 5 amide bonds. The lowest BCUT2D eigenvalue weighted by molar-refractivity contribution is -0.137. The molecule has 0 spiro atoms. The van der Waals surface area contributed by atoms with Crippen LogP contribution in [0.1, 0.15) is 74.9 Å². The summed E-state index contributed by atoms with van der Waals surface area (Å²) in [6.45, 7) is 5.05. The van der Waals surface area contributed by atoms with E-state index < -0.39 is 18.1 Å². The lowest BCUT2D eigenvalue weighted by atomic mass is 10.0. The molecule has 4 atom stereocenters. The van der Waals surface area contributed by atoms with Crippen molar-refractivity contribution in [3.8, 4) is 33.8 Å². The van der Waals surface area contributed by atoms with Crippen molar-refractivity contribution >= 4 is 35.2 Å². The summed E-state index contributed by atoms with van der Waals surface area (Å²) >= 11 is 0. The fourth-order valence-corrected chi connectivity index (χ4v) is 8.31. The first kappa shape index (κ1) is 39.0. The van der Waals surface area contributed by atoms with Crippen LogP contribution in [0.25, 0.3) is 44.7 Å². The fraction of sp³-hybridized carbons (Fsp3) is 0.311. The first-order valence-corrected chi connectivity index (χ1v) is 20.2. The Morgan fingerprint density at radius 1 is 0.763 bits per heavy atom. The van der Waals surface area contributed by atoms with Gasteiger partial charge in [-0.3, -0.25) is 14.4 Å². The summed E-state index contributed by atoms with van der Waals surface area (Å²) in [6.07, 6.45) is 7.48. The summed E-state index contributed by atoms with van der Waals surface area (Å²) in [5.74, 6) is 1.16. The molecular weight excluding hydrogens is 745 g/mol. The third-order valence-electron chi connectivity index (χ3n) is 11.4. The molecule has 5 heterocycles. The molecule has 0 saturated carbocycles. The number of carbonyl (C=O) groups excluding carboxylic acids is 4. The number of likely N-dealkylation sites (tertiary alicyclic amines) is 2. The van der Waals surface area contributed by atoms with Crippen molar-refractivity contribution in [2.24, 2.45) is 5.92 Å². The Hall–Kier alpha value is -6.83. The highest BCUT2D eigenvalue weighted by Crippen LogP contribution is 2.36. The van der Waals surface area contributed by atoms with Gasteiger partial charge in [-0.15, -0.1) is 0 Å². The summed E-state index contributed by atoms with van der Waals surface area (Å²) in [7, 11) is 1.53. The van der Waals surface area contributed by atoms with Crippen LogP contribution < -0.4 is 16.0 Å². The molecule has 14 nitrogen and oxygen atoms in total. The smallest absolute Gasteiger partial charge is 0.315 e. The molecule has 2 fully saturated rings. The molecule has 3 aromatic heterocycles. The van der Waals surface area contributed by atoms with Crippen molar-refractivity contribution < 1.29 is 19.2 Å². The van der Waals surface area contributed by atoms with E-state index in [1.807, 2.05) is 103 Å². The maximum Gasteiger partial charge on any atom is 0.315 e. The van der Waals surface area contributed by atoms with Crippen LogP contribution in [0.4, 0.5) is 4.79 Å². The average molecular weight is 793 g/mol. The highest BCUT2D eigenvalue weighted by molar-refractivity contribution is 5.89. The third-order valence-corrected chi connectivity index (χ3v) is 11.4. The van der Waals surface area contributed by atoms with E-state index in [1.165, 1.54) is 7.05 Å². The van der Waals surface area contributed by atoms with Gasteiger partial charge in [-0.25, -0.2) is 19.7 Å². The molecule has 5 N–H and O–H groups in total. The van der Waals surface area contributed by atoms with Crippen molar-refractivity contribution in [2.45, 2.75) is 63.7 Å². The van der Waals surface area contributed by atoms with Crippen LogP contribution in [0.15, 0.2) is 97.3 Å². The van der Waals surface area contributed by atoms with Crippen molar-refractivity contribution in [3.63, 3.8) is 0 Å². The fourth-order valence-electron chi connectivity index (χ4n) is 8.31. The molecule has 2 aliphatic heterocycles. The van der Waals surface area contributed by atoms with E-state index in [1.54, 1.807) is 6.20 Å². The molecule has 0 bridgehead atoms. The van der Waals surface area contributed by atoms with E-state index in [-0.39, 0.29) is 29.8 Å². The van der Waals surface area contributed by atoms with Crippen molar-refractivity contribution in [2.75, 3.05) is 20.1 Å². The number of benzene rings is 3. The maximum atomic E-state index is 13.9. The van der Waals surface area contributed by atoms with Crippen LogP contribution in [0.2, 0.25) is 0 Å². The molecule has 0 radical (unpaired) electrons. The number of fused-ring (bicyclic) bond motifs is 1. The van der Waals surface area contributed by atoms with Crippen LogP contribution in [-0.4, -0.2) is 85.2 Å². The van der Waals surface area contributed by atoms with E-state index >= 15 is 0 Å². The Balaban J connectivity index is 0.948. The van der Waals surface area contributed by atoms with Crippen LogP contribution in [0.5, 0.6) is 0 Å². The second-order valence-electron chi connectivity index (χ2n) is 15.5. The third kappa shape index (κ3) is 8.02. The second-order valence-corrected chi connectivity index (χ2v) is 15.5. The van der Waals surface area contributed by atoms with Gasteiger partial charge >= 0.3 is 6.03 Å². The minimum atomic E-state index is -0.820. The van der Waals surface area contributed by atoms with E-state index in [4.69, 9.17) is 9.97 Å². The van der Waals surface area contributed by atoms with Gasteiger partial charge in [0.1, 0.15) is 23.7 Å². The standard InChI is InChI=1S/C45H48N10O4/c1-27(2)39(49-26-56)43(57)54-21-7-11-37(54)42-48-25-36(52-42)32-18-20-34-31(23-32)17-19-33(50-34)28-13-15-29(16-14-28)35-24-47-41(51-35)38-12-8-22-55(38)44(58)40(53-45(59)46-3)30-9-5-4-6-10-30/h4-6,9-10,13-20,23-27,37-40H,7-8,11-12,21-22H2,1-3H3,(H,47,51)(H,48,52)(H,49,56)(H2,46,53,59)/t37-,38-,39-,40+/m0/s1. The van der Waals surface area contributed by atoms with E-state index in [0.29, 0.717) is 25.3 Å². The molecule has 0 aliphatic carbocycles. The summed E-state index contributed by atoms with van der Waals surface area (Å²) < 4.78 is 0. The zero-order valence-corrected chi connectivity index (χ0v) is 33.3. The number of urea groups is 1. The summed E-state index contributed by atoms with van der Waals surface area (Å²) in [5, 5.41) is 9.06. The van der Waals surface area contributed by atoms with Crippen LogP contribution in [0.3, 0.4) is 0 Å². The maximum absolute atomic E-state index is 13.9. The zero-order chi connectivity index (χ0) is 41.0. The van der Waals surface area contributed by atoms with E-state index in [9.17, 15) is 19.2 Å². The molecule has 3 aromatic carbocycles. The largest absolute Gasteiger partial charge is 0.347 e. The molecule has 2 aliphatic rings. The minimum Gasteiger partial charge on any atom is -0.347 e. The number of amides is 5. The van der Waals surface area contributed by atoms with Gasteiger partial charge in [-0.2, -0.15) is 0 Å². The topological polar surface area (TPSA) is 181 Å². The molecule has 0 unspecified atom stereocenters. The highest BCUT2D eigenvalue weighted by atomic mass is 16.2. The number of hydrogen-bond acceptors (Lipinski definition) is 7. The molecule has 59 heavy (non-hydrogen) atoms. The normalized spacial score (nSPS) is 17.6. The van der Waals surface area contributed by atoms with Crippen LogP contribution in [-0.2, 0) is 14.4 Å². The number of H-pyrrole nitrogens is 2. The molecule has 8 rings (SSSR count). The summed E-state index contributed by atoms with van der Waals surface area (Å²) in [5.41, 5.74) is 7.02. The van der Waals surface area contributed by atoms with Gasteiger partial charge < -0.3 is 35.7 Å². The number of carbonyl (C=O) groups is 4. The predicted octanol–water partition coefficient (Wildman–Crippen LogP) is 6.45. The van der Waals surface area contributed by atoms with Crippen molar-refractivity contribution in [3.05, 3.63) is 115 Å². The molecule has 14 heteroatoms. The monoisotopic (exact) mass is 792 g/mol.